The highest BCUT2D eigenvalue weighted by Crippen LogP contribution is 2.44. The predicted molar refractivity (Wildman–Crippen MR) is 86.4 cm³/mol. The molecule has 4 N–H and O–H groups in total. The number of carbonyl (C=O) groups excluding carboxylic acids is 1. The van der Waals surface area contributed by atoms with Crippen molar-refractivity contribution in [1.82, 2.24) is 4.90 Å². The van der Waals surface area contributed by atoms with Crippen LogP contribution >= 0.6 is 11.3 Å². The molecule has 0 aromatic carbocycles. The molecule has 2 aliphatic rings. The number of aliphatic hydroxyl groups excluding tert-OH is 3. The van der Waals surface area contributed by atoms with E-state index in [1.807, 2.05) is 19.1 Å². The molecular formula is C16H23NO6S. The first-order valence-corrected chi connectivity index (χ1v) is 8.75. The molecule has 0 spiro atoms. The van der Waals surface area contributed by atoms with Crippen LogP contribution in [0.15, 0.2) is 12.1 Å². The van der Waals surface area contributed by atoms with Crippen molar-refractivity contribution >= 4 is 17.3 Å². The Balaban J connectivity index is 1.94. The van der Waals surface area contributed by atoms with E-state index in [1.54, 1.807) is 16.2 Å². The fourth-order valence-corrected chi connectivity index (χ4v) is 4.82. The van der Waals surface area contributed by atoms with Gasteiger partial charge in [0.15, 0.2) is 0 Å². The molecule has 2 heterocycles. The van der Waals surface area contributed by atoms with E-state index in [-0.39, 0.29) is 12.8 Å². The number of methoxy groups -OCH3 is 1. The molecule has 1 aromatic heterocycles. The summed E-state index contributed by atoms with van der Waals surface area (Å²) in [6.07, 6.45) is -4.08. The quantitative estimate of drug-likeness (QED) is 0.534. The number of esters is 1. The van der Waals surface area contributed by atoms with E-state index in [0.717, 1.165) is 9.75 Å². The van der Waals surface area contributed by atoms with Crippen molar-refractivity contribution in [1.29, 1.82) is 0 Å². The van der Waals surface area contributed by atoms with Crippen LogP contribution in [-0.4, -0.2) is 74.4 Å². The maximum absolute atomic E-state index is 12.2. The van der Waals surface area contributed by atoms with Gasteiger partial charge in [0, 0.05) is 28.8 Å². The second-order valence-corrected chi connectivity index (χ2v) is 8.05. The number of aryl methyl sites for hydroxylation is 1. The average molecular weight is 357 g/mol. The van der Waals surface area contributed by atoms with Gasteiger partial charge in [-0.15, -0.1) is 11.3 Å². The highest BCUT2D eigenvalue weighted by atomic mass is 32.1. The normalized spacial score (nSPS) is 39.7. The third kappa shape index (κ3) is 2.77. The SMILES string of the molecule is COC(=O)[C@@H]1C[C@@]2(O)[C@H](O)[C@H](O)[C@H](O)C[C@H]2N1Cc1ccc(C)s1. The number of rotatable bonds is 3. The number of hydrogen-bond acceptors (Lipinski definition) is 8. The lowest BCUT2D eigenvalue weighted by Crippen LogP contribution is -2.64. The molecule has 7 nitrogen and oxygen atoms in total. The molecule has 24 heavy (non-hydrogen) atoms. The van der Waals surface area contributed by atoms with Crippen LogP contribution in [0, 0.1) is 6.92 Å². The fourth-order valence-electron chi connectivity index (χ4n) is 3.92. The van der Waals surface area contributed by atoms with Crippen molar-refractivity contribution in [3.63, 3.8) is 0 Å². The zero-order valence-corrected chi connectivity index (χ0v) is 14.4. The van der Waals surface area contributed by atoms with Crippen molar-refractivity contribution < 1.29 is 30.0 Å². The fraction of sp³-hybridized carbons (Fsp3) is 0.688. The standard InChI is InChI=1S/C16H23NO6S/c1-8-3-4-9(24-8)7-17-10(15(21)23-2)6-16(22)12(17)5-11(18)13(19)14(16)20/h3-4,10-14,18-20,22H,5-7H2,1-2H3/t10-,11+,12+,13+,14+,16-/m0/s1. The van der Waals surface area contributed by atoms with Crippen molar-refractivity contribution in [3.8, 4) is 0 Å². The van der Waals surface area contributed by atoms with Gasteiger partial charge in [0.2, 0.25) is 0 Å². The lowest BCUT2D eigenvalue weighted by atomic mass is 9.75. The summed E-state index contributed by atoms with van der Waals surface area (Å²) in [6, 6.07) is 2.55. The average Bonchev–Trinajstić information content (AvgIpc) is 3.08. The van der Waals surface area contributed by atoms with Crippen molar-refractivity contribution in [2.24, 2.45) is 0 Å². The van der Waals surface area contributed by atoms with Gasteiger partial charge >= 0.3 is 5.97 Å². The van der Waals surface area contributed by atoms with E-state index in [4.69, 9.17) is 4.74 Å². The molecular weight excluding hydrogens is 334 g/mol. The number of ether oxygens (including phenoxy) is 1. The maximum atomic E-state index is 12.2. The number of hydrogen-bond donors (Lipinski definition) is 4. The molecule has 1 aliphatic heterocycles. The lowest BCUT2D eigenvalue weighted by molar-refractivity contribution is -0.197. The van der Waals surface area contributed by atoms with Gasteiger partial charge in [-0.3, -0.25) is 9.69 Å². The van der Waals surface area contributed by atoms with Crippen LogP contribution < -0.4 is 0 Å². The number of carbonyl (C=O) groups is 1. The molecule has 134 valence electrons. The molecule has 0 unspecified atom stereocenters. The van der Waals surface area contributed by atoms with Gasteiger partial charge in [-0.1, -0.05) is 0 Å². The first-order chi connectivity index (χ1) is 11.3. The van der Waals surface area contributed by atoms with Gasteiger partial charge in [0.1, 0.15) is 23.9 Å². The summed E-state index contributed by atoms with van der Waals surface area (Å²) in [5.41, 5.74) is -1.66. The first kappa shape index (κ1) is 17.8. The molecule has 0 radical (unpaired) electrons. The monoisotopic (exact) mass is 357 g/mol. The Hall–Kier alpha value is -1.03. The van der Waals surface area contributed by atoms with E-state index >= 15 is 0 Å². The number of aliphatic hydroxyl groups is 4. The summed E-state index contributed by atoms with van der Waals surface area (Å²) < 4.78 is 4.85. The number of fused-ring (bicyclic) bond motifs is 1. The molecule has 3 rings (SSSR count). The molecule has 6 atom stereocenters. The summed E-state index contributed by atoms with van der Waals surface area (Å²) in [5, 5.41) is 41.2. The summed E-state index contributed by atoms with van der Waals surface area (Å²) in [6.45, 7) is 2.39. The summed E-state index contributed by atoms with van der Waals surface area (Å²) in [5.74, 6) is -0.498. The van der Waals surface area contributed by atoms with Crippen molar-refractivity contribution in [3.05, 3.63) is 21.9 Å². The minimum Gasteiger partial charge on any atom is -0.468 e. The van der Waals surface area contributed by atoms with Gasteiger partial charge in [-0.25, -0.2) is 0 Å². The summed E-state index contributed by atoms with van der Waals surface area (Å²) >= 11 is 1.59. The Kier molecular flexibility index (Phi) is 4.71. The Morgan fingerprint density at radius 2 is 2.12 bits per heavy atom. The smallest absolute Gasteiger partial charge is 0.323 e. The van der Waals surface area contributed by atoms with E-state index in [9.17, 15) is 25.2 Å². The predicted octanol–water partition coefficient (Wildman–Crippen LogP) is -0.610. The van der Waals surface area contributed by atoms with Crippen LogP contribution in [0.4, 0.5) is 0 Å². The van der Waals surface area contributed by atoms with Crippen LogP contribution in [0.3, 0.4) is 0 Å². The Labute approximate surface area is 144 Å². The molecule has 1 saturated heterocycles. The molecule has 8 heteroatoms. The summed E-state index contributed by atoms with van der Waals surface area (Å²) in [7, 11) is 1.28. The second kappa shape index (κ2) is 6.36. The van der Waals surface area contributed by atoms with Crippen LogP contribution in [-0.2, 0) is 16.1 Å². The molecule has 1 saturated carbocycles. The number of thiophene rings is 1. The molecule has 0 amide bonds. The van der Waals surface area contributed by atoms with Gasteiger partial charge in [0.05, 0.1) is 13.2 Å². The lowest BCUT2D eigenvalue weighted by Gasteiger charge is -2.45. The summed E-state index contributed by atoms with van der Waals surface area (Å²) in [4.78, 5) is 16.1. The maximum Gasteiger partial charge on any atom is 0.323 e. The van der Waals surface area contributed by atoms with Crippen LogP contribution in [0.2, 0.25) is 0 Å². The van der Waals surface area contributed by atoms with Crippen LogP contribution in [0.1, 0.15) is 22.6 Å². The first-order valence-electron chi connectivity index (χ1n) is 7.93. The highest BCUT2D eigenvalue weighted by molar-refractivity contribution is 7.11. The van der Waals surface area contributed by atoms with E-state index in [1.165, 1.54) is 7.11 Å². The second-order valence-electron chi connectivity index (χ2n) is 6.67. The number of nitrogens with zero attached hydrogens (tertiary/aromatic N) is 1. The zero-order chi connectivity index (χ0) is 17.6. The zero-order valence-electron chi connectivity index (χ0n) is 13.6. The Morgan fingerprint density at radius 3 is 2.71 bits per heavy atom. The van der Waals surface area contributed by atoms with E-state index in [0.29, 0.717) is 6.54 Å². The largest absolute Gasteiger partial charge is 0.468 e. The molecule has 0 bridgehead atoms. The van der Waals surface area contributed by atoms with Gasteiger partial charge in [0.25, 0.3) is 0 Å². The van der Waals surface area contributed by atoms with Crippen LogP contribution in [0.25, 0.3) is 0 Å². The molecule has 1 aliphatic carbocycles. The highest BCUT2D eigenvalue weighted by Gasteiger charge is 2.62. The third-order valence-corrected chi connectivity index (χ3v) is 6.19. The third-order valence-electron chi connectivity index (χ3n) is 5.20. The van der Waals surface area contributed by atoms with Crippen molar-refractivity contribution in [2.45, 2.75) is 62.3 Å². The topological polar surface area (TPSA) is 110 Å². The Morgan fingerprint density at radius 1 is 1.42 bits per heavy atom. The Bertz CT molecular complexity index is 621. The van der Waals surface area contributed by atoms with E-state index in [2.05, 4.69) is 0 Å². The minimum atomic E-state index is -1.66. The van der Waals surface area contributed by atoms with Gasteiger partial charge in [-0.2, -0.15) is 0 Å². The number of likely N-dealkylation sites (tertiary alicyclic amines) is 1. The molecule has 1 aromatic rings. The molecule has 2 fully saturated rings. The van der Waals surface area contributed by atoms with Crippen LogP contribution in [0.5, 0.6) is 0 Å². The minimum absolute atomic E-state index is 0.0420. The van der Waals surface area contributed by atoms with Gasteiger partial charge in [-0.05, 0) is 25.5 Å². The van der Waals surface area contributed by atoms with Gasteiger partial charge < -0.3 is 25.2 Å². The van der Waals surface area contributed by atoms with E-state index < -0.39 is 42.0 Å². The van der Waals surface area contributed by atoms with Crippen molar-refractivity contribution in [2.75, 3.05) is 7.11 Å².